The van der Waals surface area contributed by atoms with Crippen LogP contribution in [-0.4, -0.2) is 17.7 Å². The second-order valence-electron chi connectivity index (χ2n) is 3.54. The van der Waals surface area contributed by atoms with Crippen LogP contribution in [0, 0.1) is 17.5 Å². The number of aromatic nitrogens is 1. The summed E-state index contributed by atoms with van der Waals surface area (Å²) in [4.78, 5) is 11.3. The molecular formula is C12H8F3NO3. The smallest absolute Gasteiger partial charge is 0.360 e. The molecule has 2 rings (SSSR count). The van der Waals surface area contributed by atoms with Gasteiger partial charge < -0.3 is 9.26 Å². The molecule has 0 saturated carbocycles. The van der Waals surface area contributed by atoms with Crippen LogP contribution in [-0.2, 0) is 4.74 Å². The monoisotopic (exact) mass is 271 g/mol. The van der Waals surface area contributed by atoms with E-state index in [2.05, 4.69) is 9.89 Å². The van der Waals surface area contributed by atoms with Gasteiger partial charge in [-0.15, -0.1) is 0 Å². The van der Waals surface area contributed by atoms with E-state index >= 15 is 0 Å². The first-order valence-electron chi connectivity index (χ1n) is 5.31. The summed E-state index contributed by atoms with van der Waals surface area (Å²) >= 11 is 0. The summed E-state index contributed by atoms with van der Waals surface area (Å²) in [6.07, 6.45) is 0. The van der Waals surface area contributed by atoms with Crippen molar-refractivity contribution in [2.24, 2.45) is 0 Å². The minimum Gasteiger partial charge on any atom is -0.461 e. The van der Waals surface area contributed by atoms with Crippen LogP contribution in [0.1, 0.15) is 17.4 Å². The van der Waals surface area contributed by atoms with Crippen LogP contribution in [0.3, 0.4) is 0 Å². The first-order chi connectivity index (χ1) is 9.02. The molecule has 0 amide bonds. The Morgan fingerprint density at radius 3 is 2.58 bits per heavy atom. The molecule has 2 aromatic rings. The third kappa shape index (κ3) is 2.59. The highest BCUT2D eigenvalue weighted by molar-refractivity contribution is 5.88. The summed E-state index contributed by atoms with van der Waals surface area (Å²) in [5.41, 5.74) is -0.511. The van der Waals surface area contributed by atoms with Crippen molar-refractivity contribution < 1.29 is 27.2 Å². The zero-order chi connectivity index (χ0) is 14.0. The van der Waals surface area contributed by atoms with E-state index in [1.165, 1.54) is 0 Å². The molecule has 1 heterocycles. The molecule has 0 N–H and O–H groups in total. The molecule has 0 aliphatic rings. The molecule has 19 heavy (non-hydrogen) atoms. The molecule has 0 spiro atoms. The van der Waals surface area contributed by atoms with Gasteiger partial charge in [0.05, 0.1) is 12.2 Å². The average molecular weight is 271 g/mol. The van der Waals surface area contributed by atoms with E-state index in [0.29, 0.717) is 12.1 Å². The molecule has 0 aliphatic carbocycles. The number of hydrogen-bond acceptors (Lipinski definition) is 4. The molecule has 7 heteroatoms. The lowest BCUT2D eigenvalue weighted by atomic mass is 10.1. The van der Waals surface area contributed by atoms with Gasteiger partial charge in [-0.3, -0.25) is 0 Å². The van der Waals surface area contributed by atoms with Gasteiger partial charge in [-0.25, -0.2) is 18.0 Å². The van der Waals surface area contributed by atoms with Gasteiger partial charge >= 0.3 is 5.97 Å². The number of esters is 1. The van der Waals surface area contributed by atoms with Crippen molar-refractivity contribution in [2.45, 2.75) is 6.92 Å². The molecule has 1 aromatic heterocycles. The van der Waals surface area contributed by atoms with Crippen molar-refractivity contribution in [1.82, 2.24) is 5.16 Å². The summed E-state index contributed by atoms with van der Waals surface area (Å²) in [5.74, 6) is -4.51. The lowest BCUT2D eigenvalue weighted by molar-refractivity contribution is 0.0514. The third-order valence-corrected chi connectivity index (χ3v) is 2.27. The molecule has 100 valence electrons. The maximum absolute atomic E-state index is 13.5. The van der Waals surface area contributed by atoms with E-state index in [4.69, 9.17) is 4.52 Å². The van der Waals surface area contributed by atoms with Crippen LogP contribution < -0.4 is 0 Å². The number of ether oxygens (including phenoxy) is 1. The summed E-state index contributed by atoms with van der Waals surface area (Å²) in [6, 6.07) is 2.10. The van der Waals surface area contributed by atoms with Gasteiger partial charge in [-0.05, 0) is 13.0 Å². The number of rotatable bonds is 3. The highest BCUT2D eigenvalue weighted by Crippen LogP contribution is 2.26. The van der Waals surface area contributed by atoms with Crippen molar-refractivity contribution in [1.29, 1.82) is 0 Å². The van der Waals surface area contributed by atoms with Gasteiger partial charge in [0.1, 0.15) is 5.82 Å². The van der Waals surface area contributed by atoms with Gasteiger partial charge in [-0.2, -0.15) is 0 Å². The number of halogens is 3. The normalized spacial score (nSPS) is 10.5. The second-order valence-corrected chi connectivity index (χ2v) is 3.54. The van der Waals surface area contributed by atoms with Crippen LogP contribution in [0.2, 0.25) is 0 Å². The molecule has 0 fully saturated rings. The average Bonchev–Trinajstić information content (AvgIpc) is 2.83. The maximum atomic E-state index is 13.5. The van der Waals surface area contributed by atoms with Crippen molar-refractivity contribution in [3.8, 4) is 11.3 Å². The Morgan fingerprint density at radius 1 is 1.21 bits per heavy atom. The second kappa shape index (κ2) is 5.13. The van der Waals surface area contributed by atoms with Gasteiger partial charge in [0.25, 0.3) is 0 Å². The topological polar surface area (TPSA) is 52.3 Å². The fourth-order valence-corrected chi connectivity index (χ4v) is 1.41. The number of carbonyl (C=O) groups excluding carboxylic acids is 1. The van der Waals surface area contributed by atoms with Gasteiger partial charge in [0, 0.05) is 12.1 Å². The van der Waals surface area contributed by atoms with Crippen LogP contribution in [0.5, 0.6) is 0 Å². The predicted molar refractivity (Wildman–Crippen MR) is 57.8 cm³/mol. The van der Waals surface area contributed by atoms with Gasteiger partial charge in [0.2, 0.25) is 0 Å². The largest absolute Gasteiger partial charge is 0.461 e. The zero-order valence-corrected chi connectivity index (χ0v) is 9.75. The maximum Gasteiger partial charge on any atom is 0.360 e. The first-order valence-corrected chi connectivity index (χ1v) is 5.31. The quantitative estimate of drug-likeness (QED) is 0.636. The van der Waals surface area contributed by atoms with Crippen molar-refractivity contribution in [3.05, 3.63) is 41.3 Å². The molecule has 0 saturated heterocycles. The van der Waals surface area contributed by atoms with E-state index in [9.17, 15) is 18.0 Å². The summed E-state index contributed by atoms with van der Waals surface area (Å²) in [5, 5.41) is 3.37. The van der Waals surface area contributed by atoms with Crippen LogP contribution in [0.25, 0.3) is 11.3 Å². The van der Waals surface area contributed by atoms with Gasteiger partial charge in [-0.1, -0.05) is 5.16 Å². The van der Waals surface area contributed by atoms with Crippen LogP contribution >= 0.6 is 0 Å². The van der Waals surface area contributed by atoms with E-state index in [-0.39, 0.29) is 23.6 Å². The molecule has 0 radical (unpaired) electrons. The van der Waals surface area contributed by atoms with E-state index < -0.39 is 23.4 Å². The minimum absolute atomic E-state index is 0.139. The molecule has 0 bridgehead atoms. The predicted octanol–water partition coefficient (Wildman–Crippen LogP) is 2.94. The minimum atomic E-state index is -1.31. The van der Waals surface area contributed by atoms with Crippen molar-refractivity contribution in [3.63, 3.8) is 0 Å². The Labute approximate surface area is 105 Å². The fraction of sp³-hybridized carbons (Fsp3) is 0.167. The molecule has 0 unspecified atom stereocenters. The Balaban J connectivity index is 2.38. The SMILES string of the molecule is CCOC(=O)c1cc(-c2cc(F)c(F)cc2F)on1. The van der Waals surface area contributed by atoms with Crippen molar-refractivity contribution in [2.75, 3.05) is 6.61 Å². The molecular weight excluding hydrogens is 263 g/mol. The summed E-state index contributed by atoms with van der Waals surface area (Å²) < 4.78 is 48.6. The molecule has 0 atom stereocenters. The third-order valence-electron chi connectivity index (χ3n) is 2.27. The number of benzene rings is 1. The lowest BCUT2D eigenvalue weighted by Crippen LogP contribution is -2.04. The number of carbonyl (C=O) groups is 1. The van der Waals surface area contributed by atoms with Crippen LogP contribution in [0.15, 0.2) is 22.7 Å². The fourth-order valence-electron chi connectivity index (χ4n) is 1.41. The molecule has 1 aromatic carbocycles. The Hall–Kier alpha value is -2.31. The molecule has 4 nitrogen and oxygen atoms in total. The Bertz CT molecular complexity index is 625. The van der Waals surface area contributed by atoms with Gasteiger partial charge in [0.15, 0.2) is 23.1 Å². The lowest BCUT2D eigenvalue weighted by Gasteiger charge is -1.99. The zero-order valence-electron chi connectivity index (χ0n) is 9.75. The molecule has 0 aliphatic heterocycles. The Kier molecular flexibility index (Phi) is 3.55. The standard InChI is InChI=1S/C12H8F3NO3/c1-2-18-12(17)10-5-11(19-16-10)6-3-8(14)9(15)4-7(6)13/h3-5H,2H2,1H3. The van der Waals surface area contributed by atoms with Crippen molar-refractivity contribution >= 4 is 5.97 Å². The van der Waals surface area contributed by atoms with E-state index in [0.717, 1.165) is 6.07 Å². The Morgan fingerprint density at radius 2 is 1.89 bits per heavy atom. The number of hydrogen-bond donors (Lipinski definition) is 0. The summed E-state index contributed by atoms with van der Waals surface area (Å²) in [6.45, 7) is 1.74. The van der Waals surface area contributed by atoms with E-state index in [1.54, 1.807) is 6.92 Å². The number of nitrogens with zero attached hydrogens (tertiary/aromatic N) is 1. The summed E-state index contributed by atoms with van der Waals surface area (Å²) in [7, 11) is 0. The van der Waals surface area contributed by atoms with E-state index in [1.807, 2.05) is 0 Å². The van der Waals surface area contributed by atoms with Crippen LogP contribution in [0.4, 0.5) is 13.2 Å². The highest BCUT2D eigenvalue weighted by Gasteiger charge is 2.18. The highest BCUT2D eigenvalue weighted by atomic mass is 19.2. The first kappa shape index (κ1) is 13.1.